The van der Waals surface area contributed by atoms with Crippen molar-refractivity contribution in [2.45, 2.75) is 6.92 Å². The number of aryl methyl sites for hydroxylation is 1. The third kappa shape index (κ3) is 1.96. The van der Waals surface area contributed by atoms with E-state index in [0.29, 0.717) is 16.3 Å². The molecule has 2 rings (SSSR count). The van der Waals surface area contributed by atoms with Gasteiger partial charge in [0.1, 0.15) is 16.5 Å². The Bertz CT molecular complexity index is 510. The molecule has 5 heteroatoms. The molecule has 0 radical (unpaired) electrons. The molecule has 0 atom stereocenters. The number of nitrogens with zero attached hydrogens (tertiary/aromatic N) is 1. The maximum atomic E-state index is 13.2. The van der Waals surface area contributed by atoms with Crippen LogP contribution in [0.2, 0.25) is 5.02 Å². The zero-order chi connectivity index (χ0) is 11.0. The van der Waals surface area contributed by atoms with Crippen LogP contribution in [0.5, 0.6) is 0 Å². The molecular formula is C10H8ClFN2S. The molecule has 2 N–H and O–H groups in total. The average molecular weight is 243 g/mol. The Hall–Kier alpha value is -1.13. The van der Waals surface area contributed by atoms with E-state index in [0.717, 1.165) is 5.01 Å². The van der Waals surface area contributed by atoms with Crippen molar-refractivity contribution in [3.05, 3.63) is 34.0 Å². The van der Waals surface area contributed by atoms with E-state index in [2.05, 4.69) is 4.98 Å². The quantitative estimate of drug-likeness (QED) is 0.831. The van der Waals surface area contributed by atoms with Crippen molar-refractivity contribution in [2.24, 2.45) is 0 Å². The van der Waals surface area contributed by atoms with Crippen molar-refractivity contribution in [1.29, 1.82) is 0 Å². The zero-order valence-electron chi connectivity index (χ0n) is 7.92. The number of aromatic nitrogens is 1. The molecule has 1 aromatic carbocycles. The number of thiazole rings is 1. The summed E-state index contributed by atoms with van der Waals surface area (Å²) in [7, 11) is 0. The monoisotopic (exact) mass is 242 g/mol. The molecule has 0 bridgehead atoms. The molecular weight excluding hydrogens is 235 g/mol. The zero-order valence-corrected chi connectivity index (χ0v) is 9.49. The van der Waals surface area contributed by atoms with Gasteiger partial charge in [0.15, 0.2) is 0 Å². The van der Waals surface area contributed by atoms with Crippen molar-refractivity contribution in [3.8, 4) is 11.3 Å². The van der Waals surface area contributed by atoms with Crippen LogP contribution in [0.1, 0.15) is 5.01 Å². The third-order valence-corrected chi connectivity index (χ3v) is 3.06. The SMILES string of the molecule is Cc1nc(-c2ccc(Cl)c(F)c2)c(N)s1. The van der Waals surface area contributed by atoms with Crippen molar-refractivity contribution in [2.75, 3.05) is 5.73 Å². The summed E-state index contributed by atoms with van der Waals surface area (Å²) in [4.78, 5) is 4.24. The van der Waals surface area contributed by atoms with E-state index in [1.807, 2.05) is 6.92 Å². The van der Waals surface area contributed by atoms with Gasteiger partial charge in [-0.2, -0.15) is 0 Å². The Balaban J connectivity index is 2.54. The van der Waals surface area contributed by atoms with Crippen LogP contribution in [0.25, 0.3) is 11.3 Å². The van der Waals surface area contributed by atoms with Crippen LogP contribution in [-0.4, -0.2) is 4.98 Å². The lowest BCUT2D eigenvalue weighted by atomic mass is 10.1. The van der Waals surface area contributed by atoms with Crippen LogP contribution in [0, 0.1) is 12.7 Å². The van der Waals surface area contributed by atoms with Crippen LogP contribution < -0.4 is 5.73 Å². The molecule has 0 unspecified atom stereocenters. The lowest BCUT2D eigenvalue weighted by molar-refractivity contribution is 0.628. The Morgan fingerprint density at radius 2 is 2.20 bits per heavy atom. The fraction of sp³-hybridized carbons (Fsp3) is 0.100. The molecule has 0 aliphatic rings. The largest absolute Gasteiger partial charge is 0.389 e. The van der Waals surface area contributed by atoms with Gasteiger partial charge < -0.3 is 5.73 Å². The van der Waals surface area contributed by atoms with Gasteiger partial charge in [-0.25, -0.2) is 9.37 Å². The second kappa shape index (κ2) is 3.79. The first-order valence-corrected chi connectivity index (χ1v) is 5.45. The molecule has 0 aliphatic carbocycles. The van der Waals surface area contributed by atoms with Crippen molar-refractivity contribution in [3.63, 3.8) is 0 Å². The predicted molar refractivity (Wildman–Crippen MR) is 61.7 cm³/mol. The molecule has 2 nitrogen and oxygen atoms in total. The van der Waals surface area contributed by atoms with Gasteiger partial charge in [0.25, 0.3) is 0 Å². The molecule has 78 valence electrons. The molecule has 15 heavy (non-hydrogen) atoms. The standard InChI is InChI=1S/C10H8ClFN2S/c1-5-14-9(10(13)15-5)6-2-3-7(11)8(12)4-6/h2-4H,13H2,1H3. The maximum absolute atomic E-state index is 13.2. The highest BCUT2D eigenvalue weighted by Gasteiger charge is 2.10. The highest BCUT2D eigenvalue weighted by Crippen LogP contribution is 2.31. The van der Waals surface area contributed by atoms with Crippen LogP contribution in [-0.2, 0) is 0 Å². The van der Waals surface area contributed by atoms with Gasteiger partial charge in [0.05, 0.1) is 10.0 Å². The molecule has 1 heterocycles. The maximum Gasteiger partial charge on any atom is 0.142 e. The number of nitrogens with two attached hydrogens (primary N) is 1. The summed E-state index contributed by atoms with van der Waals surface area (Å²) in [5, 5.41) is 1.55. The molecule has 0 fully saturated rings. The first-order valence-electron chi connectivity index (χ1n) is 4.26. The van der Waals surface area contributed by atoms with Crippen molar-refractivity contribution < 1.29 is 4.39 Å². The van der Waals surface area contributed by atoms with Gasteiger partial charge in [-0.15, -0.1) is 11.3 Å². The fourth-order valence-corrected chi connectivity index (χ4v) is 2.13. The van der Waals surface area contributed by atoms with E-state index in [1.54, 1.807) is 6.07 Å². The number of benzene rings is 1. The van der Waals surface area contributed by atoms with Crippen LogP contribution in [0.3, 0.4) is 0 Å². The van der Waals surface area contributed by atoms with E-state index in [4.69, 9.17) is 17.3 Å². The number of hydrogen-bond donors (Lipinski definition) is 1. The summed E-state index contributed by atoms with van der Waals surface area (Å²) in [5.41, 5.74) is 7.03. The lowest BCUT2D eigenvalue weighted by Gasteiger charge is -1.99. The van der Waals surface area contributed by atoms with Gasteiger partial charge >= 0.3 is 0 Å². The smallest absolute Gasteiger partial charge is 0.142 e. The molecule has 2 aromatic rings. The molecule has 0 saturated heterocycles. The van der Waals surface area contributed by atoms with Gasteiger partial charge in [-0.3, -0.25) is 0 Å². The Kier molecular flexibility index (Phi) is 2.63. The second-order valence-corrected chi connectivity index (χ2v) is 4.72. The van der Waals surface area contributed by atoms with E-state index in [1.165, 1.54) is 23.5 Å². The van der Waals surface area contributed by atoms with E-state index in [-0.39, 0.29) is 5.02 Å². The summed E-state index contributed by atoms with van der Waals surface area (Å²) in [6.07, 6.45) is 0. The molecule has 0 saturated carbocycles. The van der Waals surface area contributed by atoms with Crippen molar-refractivity contribution in [1.82, 2.24) is 4.98 Å². The molecule has 0 amide bonds. The first-order chi connectivity index (χ1) is 7.08. The van der Waals surface area contributed by atoms with Crippen LogP contribution in [0.15, 0.2) is 18.2 Å². The minimum Gasteiger partial charge on any atom is -0.389 e. The Morgan fingerprint density at radius 1 is 1.47 bits per heavy atom. The topological polar surface area (TPSA) is 38.9 Å². The number of nitrogen functional groups attached to an aromatic ring is 1. The molecule has 0 spiro atoms. The van der Waals surface area contributed by atoms with Crippen LogP contribution >= 0.6 is 22.9 Å². The highest BCUT2D eigenvalue weighted by atomic mass is 35.5. The third-order valence-electron chi connectivity index (χ3n) is 1.95. The van der Waals surface area contributed by atoms with E-state index >= 15 is 0 Å². The minimum absolute atomic E-state index is 0.101. The highest BCUT2D eigenvalue weighted by molar-refractivity contribution is 7.16. The predicted octanol–water partition coefficient (Wildman–Crippen LogP) is 3.49. The molecule has 0 aliphatic heterocycles. The number of hydrogen-bond acceptors (Lipinski definition) is 3. The van der Waals surface area contributed by atoms with E-state index < -0.39 is 5.82 Å². The minimum atomic E-state index is -0.459. The molecule has 1 aromatic heterocycles. The number of halogens is 2. The summed E-state index contributed by atoms with van der Waals surface area (Å²) in [5.74, 6) is -0.459. The van der Waals surface area contributed by atoms with Crippen molar-refractivity contribution >= 4 is 27.9 Å². The normalized spacial score (nSPS) is 10.6. The number of rotatable bonds is 1. The first kappa shape index (κ1) is 10.4. The summed E-state index contributed by atoms with van der Waals surface area (Å²) < 4.78 is 13.2. The van der Waals surface area contributed by atoms with Gasteiger partial charge in [0, 0.05) is 5.56 Å². The Morgan fingerprint density at radius 3 is 2.73 bits per heavy atom. The number of anilines is 1. The van der Waals surface area contributed by atoms with Gasteiger partial charge in [-0.1, -0.05) is 17.7 Å². The lowest BCUT2D eigenvalue weighted by Crippen LogP contribution is -1.87. The summed E-state index contributed by atoms with van der Waals surface area (Å²) in [6, 6.07) is 4.55. The average Bonchev–Trinajstić information content (AvgIpc) is 2.50. The second-order valence-electron chi connectivity index (χ2n) is 3.07. The van der Waals surface area contributed by atoms with Gasteiger partial charge in [0.2, 0.25) is 0 Å². The Labute approximate surface area is 95.5 Å². The summed E-state index contributed by atoms with van der Waals surface area (Å²) >= 11 is 6.97. The van der Waals surface area contributed by atoms with E-state index in [9.17, 15) is 4.39 Å². The van der Waals surface area contributed by atoms with Crippen LogP contribution in [0.4, 0.5) is 9.39 Å². The summed E-state index contributed by atoms with van der Waals surface area (Å²) in [6.45, 7) is 1.86. The fourth-order valence-electron chi connectivity index (χ4n) is 1.29. The van der Waals surface area contributed by atoms with Gasteiger partial charge in [-0.05, 0) is 19.1 Å².